The second kappa shape index (κ2) is 15.2. The molecule has 248 valence electrons. The first-order chi connectivity index (χ1) is 22.6. The predicted molar refractivity (Wildman–Crippen MR) is 178 cm³/mol. The highest BCUT2D eigenvalue weighted by atomic mass is 32.1. The van der Waals surface area contributed by atoms with E-state index >= 15 is 0 Å². The van der Waals surface area contributed by atoms with E-state index in [2.05, 4.69) is 26.1 Å². The Labute approximate surface area is 277 Å². The highest BCUT2D eigenvalue weighted by Crippen LogP contribution is 2.25. The highest BCUT2D eigenvalue weighted by molar-refractivity contribution is 7.13. The van der Waals surface area contributed by atoms with Gasteiger partial charge in [-0.3, -0.25) is 23.9 Å². The van der Waals surface area contributed by atoms with Gasteiger partial charge >= 0.3 is 0 Å². The van der Waals surface area contributed by atoms with Crippen LogP contribution in [0, 0.1) is 5.92 Å². The van der Waals surface area contributed by atoms with E-state index in [1.54, 1.807) is 29.6 Å². The third-order valence-electron chi connectivity index (χ3n) is 7.83. The quantitative estimate of drug-likeness (QED) is 0.297. The van der Waals surface area contributed by atoms with Gasteiger partial charge in [0, 0.05) is 38.7 Å². The maximum absolute atomic E-state index is 13.8. The normalized spacial score (nSPS) is 18.7. The number of amides is 4. The zero-order chi connectivity index (χ0) is 33.5. The van der Waals surface area contributed by atoms with E-state index in [0.717, 1.165) is 10.4 Å². The van der Waals surface area contributed by atoms with Crippen LogP contribution in [0.2, 0.25) is 0 Å². The predicted octanol–water partition coefficient (Wildman–Crippen LogP) is 3.17. The van der Waals surface area contributed by atoms with E-state index < -0.39 is 12.1 Å². The van der Waals surface area contributed by atoms with E-state index in [4.69, 9.17) is 4.98 Å². The molecule has 0 saturated heterocycles. The first-order valence-electron chi connectivity index (χ1n) is 15.8. The van der Waals surface area contributed by atoms with Crippen molar-refractivity contribution in [3.8, 4) is 22.0 Å². The van der Waals surface area contributed by atoms with Gasteiger partial charge in [-0.1, -0.05) is 50.2 Å². The van der Waals surface area contributed by atoms with Crippen LogP contribution in [0.5, 0.6) is 0 Å². The number of carbonyl (C=O) groups excluding carboxylic acids is 4. The van der Waals surface area contributed by atoms with Gasteiger partial charge in [-0.2, -0.15) is 10.2 Å². The van der Waals surface area contributed by atoms with E-state index in [0.29, 0.717) is 35.9 Å². The Bertz CT molecular complexity index is 1700. The van der Waals surface area contributed by atoms with Crippen molar-refractivity contribution in [3.05, 3.63) is 65.4 Å². The number of aromatic nitrogens is 5. The summed E-state index contributed by atoms with van der Waals surface area (Å²) >= 11 is 1.54. The molecule has 4 aromatic rings. The molecule has 1 aromatic carbocycles. The Morgan fingerprint density at radius 1 is 1.02 bits per heavy atom. The summed E-state index contributed by atoms with van der Waals surface area (Å²) < 4.78 is 3.04. The zero-order valence-electron chi connectivity index (χ0n) is 27.1. The lowest BCUT2D eigenvalue weighted by Gasteiger charge is -2.24. The minimum absolute atomic E-state index is 0.119. The van der Waals surface area contributed by atoms with Crippen LogP contribution in [0.15, 0.2) is 53.9 Å². The average Bonchev–Trinajstić information content (AvgIpc) is 3.80. The lowest BCUT2D eigenvalue weighted by Crippen LogP contribution is -2.48. The molecule has 4 amide bonds. The van der Waals surface area contributed by atoms with Crippen molar-refractivity contribution in [2.45, 2.75) is 58.7 Å². The monoisotopic (exact) mass is 659 g/mol. The fourth-order valence-electron chi connectivity index (χ4n) is 5.49. The molecule has 0 radical (unpaired) electrons. The molecule has 0 fully saturated rings. The van der Waals surface area contributed by atoms with Crippen LogP contribution in [-0.4, -0.2) is 78.7 Å². The lowest BCUT2D eigenvalue weighted by molar-refractivity contribution is -0.129. The van der Waals surface area contributed by atoms with Crippen molar-refractivity contribution < 1.29 is 19.2 Å². The topological polar surface area (TPSA) is 156 Å². The lowest BCUT2D eigenvalue weighted by atomic mass is 10.0. The van der Waals surface area contributed by atoms with Gasteiger partial charge in [-0.25, -0.2) is 9.67 Å². The molecule has 13 nitrogen and oxygen atoms in total. The highest BCUT2D eigenvalue weighted by Gasteiger charge is 2.27. The van der Waals surface area contributed by atoms with Crippen molar-refractivity contribution in [1.82, 2.24) is 45.4 Å². The zero-order valence-corrected chi connectivity index (χ0v) is 27.9. The molecule has 0 saturated carbocycles. The van der Waals surface area contributed by atoms with Crippen LogP contribution in [0.1, 0.15) is 62.4 Å². The number of fused-ring (bicyclic) bond motifs is 1. The van der Waals surface area contributed by atoms with Crippen LogP contribution in [-0.2, 0) is 28.0 Å². The van der Waals surface area contributed by atoms with Crippen molar-refractivity contribution >= 4 is 35.0 Å². The van der Waals surface area contributed by atoms with E-state index in [1.165, 1.54) is 16.0 Å². The molecule has 3 N–H and O–H groups in total. The van der Waals surface area contributed by atoms with Gasteiger partial charge < -0.3 is 20.9 Å². The summed E-state index contributed by atoms with van der Waals surface area (Å²) in [5.41, 5.74) is 1.87. The van der Waals surface area contributed by atoms with Crippen LogP contribution in [0.25, 0.3) is 22.0 Å². The first-order valence-corrected chi connectivity index (χ1v) is 16.7. The van der Waals surface area contributed by atoms with Crippen LogP contribution in [0.4, 0.5) is 0 Å². The number of aryl methyl sites for hydroxylation is 1. The number of thiophene rings is 1. The maximum atomic E-state index is 13.8. The Balaban J connectivity index is 1.41. The molecule has 14 heteroatoms. The summed E-state index contributed by atoms with van der Waals surface area (Å²) in [5.74, 6) is -0.240. The van der Waals surface area contributed by atoms with Gasteiger partial charge in [-0.15, -0.1) is 11.3 Å². The summed E-state index contributed by atoms with van der Waals surface area (Å²) in [6, 6.07) is 13.6. The minimum Gasteiger partial charge on any atom is -0.353 e. The Hall–Kier alpha value is -4.85. The molecule has 0 spiro atoms. The largest absolute Gasteiger partial charge is 0.353 e. The van der Waals surface area contributed by atoms with E-state index in [1.807, 2.05) is 61.7 Å². The number of nitrogens with zero attached hydrogens (tertiary/aromatic N) is 6. The van der Waals surface area contributed by atoms with Crippen LogP contribution in [0.3, 0.4) is 0 Å². The second-order valence-electron chi connectivity index (χ2n) is 12.1. The smallest absolute Gasteiger partial charge is 0.272 e. The van der Waals surface area contributed by atoms with Crippen molar-refractivity contribution in [2.24, 2.45) is 13.0 Å². The van der Waals surface area contributed by atoms with Gasteiger partial charge in [0.2, 0.25) is 17.7 Å². The molecule has 0 bridgehead atoms. The molecule has 3 aromatic heterocycles. The SMILES string of the molecule is CC(C)C[C@H]1NC(=O)CCCN(C(=O)c2cc(-c3cccs3)nn2C)CCNC(=O)Cn2nc(-c3ccccc3)nc2[C@H](C)NC1=O. The van der Waals surface area contributed by atoms with Gasteiger partial charge in [0.05, 0.1) is 10.9 Å². The third-order valence-corrected chi connectivity index (χ3v) is 8.72. The van der Waals surface area contributed by atoms with Crippen molar-refractivity contribution in [1.29, 1.82) is 0 Å². The number of benzene rings is 1. The molecule has 0 unspecified atom stereocenters. The summed E-state index contributed by atoms with van der Waals surface area (Å²) in [6.07, 6.45) is 0.926. The fourth-order valence-corrected chi connectivity index (χ4v) is 6.17. The van der Waals surface area contributed by atoms with Gasteiger partial charge in [0.15, 0.2) is 5.82 Å². The van der Waals surface area contributed by atoms with E-state index in [-0.39, 0.29) is 62.1 Å². The molecule has 2 atom stereocenters. The minimum atomic E-state index is -0.767. The molecule has 1 aliphatic rings. The van der Waals surface area contributed by atoms with Gasteiger partial charge in [0.1, 0.15) is 29.8 Å². The number of hydrogen-bond acceptors (Lipinski definition) is 8. The number of rotatable bonds is 5. The fraction of sp³-hybridized carbons (Fsp3) is 0.424. The molecule has 5 rings (SSSR count). The molecule has 47 heavy (non-hydrogen) atoms. The standard InChI is InChI=1S/C33H41N9O4S/c1-21(2)18-25-32(45)35-22(3)31-37-30(23-10-6-5-7-11-23)39-42(31)20-29(44)34-14-16-41(15-8-13-28(43)36-25)33(46)26-19-24(38-40(26)4)27-12-9-17-47-27/h5-7,9-12,17,19,21-22,25H,8,13-16,18,20H2,1-4H3,(H,34,44)(H,35,45)(H,36,43)/t22-,25+/m0/s1. The van der Waals surface area contributed by atoms with Crippen molar-refractivity contribution in [2.75, 3.05) is 19.6 Å². The number of nitrogens with one attached hydrogen (secondary N) is 3. The van der Waals surface area contributed by atoms with Crippen LogP contribution < -0.4 is 16.0 Å². The van der Waals surface area contributed by atoms with Gasteiger partial charge in [0.25, 0.3) is 5.91 Å². The molecule has 1 aliphatic heterocycles. The Morgan fingerprint density at radius 3 is 2.53 bits per heavy atom. The molecular formula is C33H41N9O4S. The van der Waals surface area contributed by atoms with Crippen LogP contribution >= 0.6 is 11.3 Å². The summed E-state index contributed by atoms with van der Waals surface area (Å²) in [5, 5.41) is 19.9. The average molecular weight is 660 g/mol. The number of carbonyl (C=O) groups is 4. The second-order valence-corrected chi connectivity index (χ2v) is 13.0. The molecular weight excluding hydrogens is 618 g/mol. The first kappa shape index (κ1) is 33.5. The molecule has 4 heterocycles. The van der Waals surface area contributed by atoms with E-state index in [9.17, 15) is 19.2 Å². The van der Waals surface area contributed by atoms with Gasteiger partial charge in [-0.05, 0) is 43.2 Å². The summed E-state index contributed by atoms with van der Waals surface area (Å²) in [6.45, 7) is 6.29. The Kier molecular flexibility index (Phi) is 10.8. The number of hydrogen-bond donors (Lipinski definition) is 3. The third kappa shape index (κ3) is 8.50. The summed E-state index contributed by atoms with van der Waals surface area (Å²) in [7, 11) is 1.72. The Morgan fingerprint density at radius 2 is 1.81 bits per heavy atom. The van der Waals surface area contributed by atoms with Crippen molar-refractivity contribution in [3.63, 3.8) is 0 Å². The maximum Gasteiger partial charge on any atom is 0.272 e. The molecule has 0 aliphatic carbocycles. The summed E-state index contributed by atoms with van der Waals surface area (Å²) in [4.78, 5) is 60.9.